The van der Waals surface area contributed by atoms with Crippen LogP contribution in [-0.2, 0) is 10.0 Å². The normalized spacial score (nSPS) is 13.3. The lowest BCUT2D eigenvalue weighted by Gasteiger charge is -2.16. The molecule has 3 N–H and O–H groups in total. The quantitative estimate of drug-likeness (QED) is 0.724. The molecule has 0 spiro atoms. The highest BCUT2D eigenvalue weighted by Gasteiger charge is 2.18. The molecule has 1 unspecified atom stereocenters. The Labute approximate surface area is 122 Å². The van der Waals surface area contributed by atoms with E-state index in [1.165, 1.54) is 6.07 Å². The predicted molar refractivity (Wildman–Crippen MR) is 84.1 cm³/mol. The van der Waals surface area contributed by atoms with Crippen molar-refractivity contribution in [2.75, 3.05) is 12.3 Å². The summed E-state index contributed by atoms with van der Waals surface area (Å²) >= 11 is 0. The summed E-state index contributed by atoms with van der Waals surface area (Å²) in [5.41, 5.74) is 6.86. The Hall–Kier alpha value is -1.07. The maximum Gasteiger partial charge on any atom is 0.240 e. The van der Waals surface area contributed by atoms with E-state index in [-0.39, 0.29) is 4.90 Å². The number of anilines is 1. The molecule has 1 rings (SSSR count). The average Bonchev–Trinajstić information content (AvgIpc) is 2.41. The first-order valence-corrected chi connectivity index (χ1v) is 8.74. The number of hydrogen-bond donors (Lipinski definition) is 2. The van der Waals surface area contributed by atoms with E-state index in [0.717, 1.165) is 25.7 Å². The second-order valence-corrected chi connectivity index (χ2v) is 7.03. The third-order valence-corrected chi connectivity index (χ3v) is 5.17. The van der Waals surface area contributed by atoms with Crippen molar-refractivity contribution in [2.45, 2.75) is 51.3 Å². The average molecular weight is 298 g/mol. The van der Waals surface area contributed by atoms with E-state index in [1.807, 2.05) is 0 Å². The third-order valence-electron chi connectivity index (χ3n) is 3.61. The fourth-order valence-electron chi connectivity index (χ4n) is 2.15. The molecule has 0 radical (unpaired) electrons. The van der Waals surface area contributed by atoms with E-state index < -0.39 is 10.0 Å². The van der Waals surface area contributed by atoms with Crippen molar-refractivity contribution < 1.29 is 8.42 Å². The molecule has 20 heavy (non-hydrogen) atoms. The fourth-order valence-corrected chi connectivity index (χ4v) is 3.55. The standard InChI is InChI=1S/C15H26N2O2S/c1-4-6-7-13(5-2)11-17-20(18,19)15-10-14(16)9-8-12(15)3/h8-10,13,17H,4-7,11,16H2,1-3H3. The van der Waals surface area contributed by atoms with Crippen LogP contribution in [0.5, 0.6) is 0 Å². The van der Waals surface area contributed by atoms with Crippen LogP contribution in [0.3, 0.4) is 0 Å². The minimum atomic E-state index is -3.47. The van der Waals surface area contributed by atoms with Crippen molar-refractivity contribution in [3.8, 4) is 0 Å². The fraction of sp³-hybridized carbons (Fsp3) is 0.600. The molecule has 0 aromatic heterocycles. The largest absolute Gasteiger partial charge is 0.399 e. The highest BCUT2D eigenvalue weighted by molar-refractivity contribution is 7.89. The molecular weight excluding hydrogens is 272 g/mol. The molecule has 0 saturated carbocycles. The van der Waals surface area contributed by atoms with Gasteiger partial charge in [-0.3, -0.25) is 0 Å². The minimum Gasteiger partial charge on any atom is -0.399 e. The van der Waals surface area contributed by atoms with Gasteiger partial charge in [0.05, 0.1) is 4.90 Å². The van der Waals surface area contributed by atoms with Gasteiger partial charge in [0.2, 0.25) is 10.0 Å². The summed E-state index contributed by atoms with van der Waals surface area (Å²) in [5.74, 6) is 0.395. The second kappa shape index (κ2) is 7.64. The molecule has 0 bridgehead atoms. The van der Waals surface area contributed by atoms with Crippen molar-refractivity contribution >= 4 is 15.7 Å². The summed E-state index contributed by atoms with van der Waals surface area (Å²) in [4.78, 5) is 0.280. The van der Waals surface area contributed by atoms with Crippen LogP contribution < -0.4 is 10.5 Å². The maximum absolute atomic E-state index is 12.3. The molecule has 114 valence electrons. The van der Waals surface area contributed by atoms with Crippen molar-refractivity contribution in [2.24, 2.45) is 5.92 Å². The van der Waals surface area contributed by atoms with Crippen LogP contribution >= 0.6 is 0 Å². The van der Waals surface area contributed by atoms with Gasteiger partial charge < -0.3 is 5.73 Å². The van der Waals surface area contributed by atoms with Gasteiger partial charge in [0, 0.05) is 12.2 Å². The zero-order chi connectivity index (χ0) is 15.2. The van der Waals surface area contributed by atoms with Crippen molar-refractivity contribution in [3.63, 3.8) is 0 Å². The van der Waals surface area contributed by atoms with E-state index in [0.29, 0.717) is 23.7 Å². The number of hydrogen-bond acceptors (Lipinski definition) is 3. The third kappa shape index (κ3) is 4.80. The van der Waals surface area contributed by atoms with Crippen LogP contribution in [0, 0.1) is 12.8 Å². The van der Waals surface area contributed by atoms with Gasteiger partial charge in [0.1, 0.15) is 0 Å². The number of sulfonamides is 1. The molecular formula is C15H26N2O2S. The Kier molecular flexibility index (Phi) is 6.49. The number of nitrogens with one attached hydrogen (secondary N) is 1. The summed E-state index contributed by atoms with van der Waals surface area (Å²) in [6, 6.07) is 4.97. The van der Waals surface area contributed by atoms with Gasteiger partial charge in [0.15, 0.2) is 0 Å². The molecule has 4 nitrogen and oxygen atoms in total. The molecule has 0 aliphatic carbocycles. The first-order chi connectivity index (χ1) is 9.40. The molecule has 0 aliphatic heterocycles. The van der Waals surface area contributed by atoms with Gasteiger partial charge in [-0.1, -0.05) is 39.2 Å². The molecule has 0 amide bonds. The van der Waals surface area contributed by atoms with Crippen LogP contribution in [-0.4, -0.2) is 15.0 Å². The Morgan fingerprint density at radius 2 is 2.00 bits per heavy atom. The lowest BCUT2D eigenvalue weighted by Crippen LogP contribution is -2.29. The summed E-state index contributed by atoms with van der Waals surface area (Å²) in [7, 11) is -3.47. The summed E-state index contributed by atoms with van der Waals surface area (Å²) in [6.45, 7) is 6.52. The van der Waals surface area contributed by atoms with Gasteiger partial charge in [0.25, 0.3) is 0 Å². The Balaban J connectivity index is 2.76. The lowest BCUT2D eigenvalue weighted by atomic mass is 10.00. The van der Waals surface area contributed by atoms with E-state index in [4.69, 9.17) is 5.73 Å². The van der Waals surface area contributed by atoms with Crippen LogP contribution in [0.2, 0.25) is 0 Å². The number of rotatable bonds is 8. The molecule has 1 aromatic rings. The molecule has 0 saturated heterocycles. The van der Waals surface area contributed by atoms with Crippen LogP contribution in [0.4, 0.5) is 5.69 Å². The topological polar surface area (TPSA) is 72.2 Å². The predicted octanol–water partition coefficient (Wildman–Crippen LogP) is 3.07. The van der Waals surface area contributed by atoms with Crippen LogP contribution in [0.25, 0.3) is 0 Å². The van der Waals surface area contributed by atoms with Gasteiger partial charge in [-0.05, 0) is 37.0 Å². The number of benzene rings is 1. The maximum atomic E-state index is 12.3. The van der Waals surface area contributed by atoms with E-state index in [1.54, 1.807) is 19.1 Å². The van der Waals surface area contributed by atoms with Gasteiger partial charge >= 0.3 is 0 Å². The van der Waals surface area contributed by atoms with Crippen LogP contribution in [0.15, 0.2) is 23.1 Å². The highest BCUT2D eigenvalue weighted by Crippen LogP contribution is 2.19. The number of nitrogens with two attached hydrogens (primary N) is 1. The smallest absolute Gasteiger partial charge is 0.240 e. The van der Waals surface area contributed by atoms with Crippen molar-refractivity contribution in [1.82, 2.24) is 4.72 Å². The molecule has 0 fully saturated rings. The Morgan fingerprint density at radius 3 is 2.60 bits per heavy atom. The summed E-state index contributed by atoms with van der Waals surface area (Å²) in [6.07, 6.45) is 4.32. The zero-order valence-electron chi connectivity index (χ0n) is 12.6. The second-order valence-electron chi connectivity index (χ2n) is 5.29. The zero-order valence-corrected chi connectivity index (χ0v) is 13.5. The molecule has 1 aromatic carbocycles. The monoisotopic (exact) mass is 298 g/mol. The lowest BCUT2D eigenvalue weighted by molar-refractivity contribution is 0.443. The minimum absolute atomic E-state index is 0.280. The number of aryl methyl sites for hydroxylation is 1. The van der Waals surface area contributed by atoms with E-state index >= 15 is 0 Å². The molecule has 0 heterocycles. The highest BCUT2D eigenvalue weighted by atomic mass is 32.2. The summed E-state index contributed by atoms with van der Waals surface area (Å²) < 4.78 is 27.4. The first kappa shape index (κ1) is 17.0. The molecule has 0 aliphatic rings. The van der Waals surface area contributed by atoms with Gasteiger partial charge in [-0.15, -0.1) is 0 Å². The number of nitrogen functional groups attached to an aromatic ring is 1. The Bertz CT molecular complexity index is 527. The SMILES string of the molecule is CCCCC(CC)CNS(=O)(=O)c1cc(N)ccc1C. The van der Waals surface area contributed by atoms with Crippen LogP contribution in [0.1, 0.15) is 45.1 Å². The summed E-state index contributed by atoms with van der Waals surface area (Å²) in [5, 5.41) is 0. The number of unbranched alkanes of at least 4 members (excludes halogenated alkanes) is 1. The van der Waals surface area contributed by atoms with Gasteiger partial charge in [-0.25, -0.2) is 13.1 Å². The van der Waals surface area contributed by atoms with E-state index in [9.17, 15) is 8.42 Å². The molecule has 1 atom stereocenters. The Morgan fingerprint density at radius 1 is 1.30 bits per heavy atom. The van der Waals surface area contributed by atoms with Gasteiger partial charge in [-0.2, -0.15) is 0 Å². The van der Waals surface area contributed by atoms with Crippen molar-refractivity contribution in [1.29, 1.82) is 0 Å². The van der Waals surface area contributed by atoms with E-state index in [2.05, 4.69) is 18.6 Å². The van der Waals surface area contributed by atoms with Crippen molar-refractivity contribution in [3.05, 3.63) is 23.8 Å². The first-order valence-electron chi connectivity index (χ1n) is 7.26. The molecule has 5 heteroatoms.